The molecule has 0 aliphatic rings. The Morgan fingerprint density at radius 1 is 1.36 bits per heavy atom. The summed E-state index contributed by atoms with van der Waals surface area (Å²) in [5, 5.41) is 17.9. The minimum absolute atomic E-state index is 0.172. The van der Waals surface area contributed by atoms with Crippen LogP contribution < -0.4 is 0 Å². The fraction of sp³-hybridized carbons (Fsp3) is 0.900. The summed E-state index contributed by atoms with van der Waals surface area (Å²) in [6, 6.07) is 0. The molecule has 0 aromatic carbocycles. The molecule has 0 heterocycles. The van der Waals surface area contributed by atoms with E-state index in [0.29, 0.717) is 12.5 Å². The normalized spacial score (nSPS) is 13.6. The molecule has 0 saturated carbocycles. The highest BCUT2D eigenvalue weighted by Crippen LogP contribution is 2.01. The Morgan fingerprint density at radius 2 is 1.93 bits per heavy atom. The smallest absolute Gasteiger partial charge is 0.306 e. The predicted molar refractivity (Wildman–Crippen MR) is 55.2 cm³/mol. The van der Waals surface area contributed by atoms with Crippen LogP contribution in [-0.4, -0.2) is 46.8 Å². The lowest BCUT2D eigenvalue weighted by Crippen LogP contribution is -2.35. The van der Waals surface area contributed by atoms with Gasteiger partial charge in [0.2, 0.25) is 0 Å². The Morgan fingerprint density at radius 3 is 2.29 bits per heavy atom. The van der Waals surface area contributed by atoms with Crippen LogP contribution in [-0.2, 0) is 4.79 Å². The first kappa shape index (κ1) is 13.4. The standard InChI is InChI=1S/C10H21NO3/c1-4-11(6-8(2)3)7-9(12)5-10(13)14/h8-9,12H,4-7H2,1-3H3,(H,13,14). The van der Waals surface area contributed by atoms with Crippen molar-refractivity contribution in [3.63, 3.8) is 0 Å². The summed E-state index contributed by atoms with van der Waals surface area (Å²) in [6.45, 7) is 8.40. The minimum atomic E-state index is -0.946. The van der Waals surface area contributed by atoms with Gasteiger partial charge in [-0.1, -0.05) is 20.8 Å². The van der Waals surface area contributed by atoms with E-state index in [4.69, 9.17) is 5.11 Å². The SMILES string of the molecule is CCN(CC(C)C)CC(O)CC(=O)O. The van der Waals surface area contributed by atoms with E-state index in [1.807, 2.05) is 6.92 Å². The number of carbonyl (C=O) groups is 1. The number of carboxylic acid groups (broad SMARTS) is 1. The topological polar surface area (TPSA) is 60.8 Å². The number of likely N-dealkylation sites (N-methyl/N-ethyl adjacent to an activating group) is 1. The van der Waals surface area contributed by atoms with Crippen LogP contribution in [0.1, 0.15) is 27.2 Å². The van der Waals surface area contributed by atoms with Gasteiger partial charge in [-0.3, -0.25) is 4.79 Å². The summed E-state index contributed by atoms with van der Waals surface area (Å²) in [7, 11) is 0. The molecule has 0 saturated heterocycles. The maximum Gasteiger partial charge on any atom is 0.306 e. The molecule has 0 radical (unpaired) electrons. The van der Waals surface area contributed by atoms with Crippen molar-refractivity contribution >= 4 is 5.97 Å². The zero-order chi connectivity index (χ0) is 11.1. The molecule has 0 aromatic rings. The first-order valence-electron chi connectivity index (χ1n) is 5.07. The zero-order valence-corrected chi connectivity index (χ0v) is 9.23. The highest BCUT2D eigenvalue weighted by Gasteiger charge is 2.14. The summed E-state index contributed by atoms with van der Waals surface area (Å²) < 4.78 is 0. The molecule has 4 nitrogen and oxygen atoms in total. The molecule has 0 amide bonds. The lowest BCUT2D eigenvalue weighted by Gasteiger charge is -2.24. The highest BCUT2D eigenvalue weighted by molar-refractivity contribution is 5.67. The number of hydrogen-bond donors (Lipinski definition) is 2. The van der Waals surface area contributed by atoms with Crippen molar-refractivity contribution < 1.29 is 15.0 Å². The third-order valence-corrected chi connectivity index (χ3v) is 1.95. The second-order valence-electron chi connectivity index (χ2n) is 4.00. The van der Waals surface area contributed by atoms with Crippen molar-refractivity contribution in [1.82, 2.24) is 4.90 Å². The summed E-state index contributed by atoms with van der Waals surface area (Å²) in [4.78, 5) is 12.4. The number of rotatable bonds is 7. The molecule has 0 bridgehead atoms. The molecule has 0 spiro atoms. The van der Waals surface area contributed by atoms with Gasteiger partial charge in [-0.05, 0) is 12.5 Å². The largest absolute Gasteiger partial charge is 0.481 e. The molecular weight excluding hydrogens is 182 g/mol. The molecule has 0 aliphatic heterocycles. The number of aliphatic hydroxyl groups is 1. The van der Waals surface area contributed by atoms with Gasteiger partial charge in [0.1, 0.15) is 0 Å². The van der Waals surface area contributed by atoms with Crippen LogP contribution in [0.15, 0.2) is 0 Å². The number of aliphatic carboxylic acids is 1. The highest BCUT2D eigenvalue weighted by atomic mass is 16.4. The molecule has 0 aliphatic carbocycles. The number of nitrogens with zero attached hydrogens (tertiary/aromatic N) is 1. The average molecular weight is 203 g/mol. The van der Waals surface area contributed by atoms with Crippen molar-refractivity contribution in [1.29, 1.82) is 0 Å². The summed E-state index contributed by atoms with van der Waals surface area (Å²) in [5.41, 5.74) is 0. The van der Waals surface area contributed by atoms with Crippen molar-refractivity contribution in [2.75, 3.05) is 19.6 Å². The van der Waals surface area contributed by atoms with Crippen LogP contribution in [0.25, 0.3) is 0 Å². The van der Waals surface area contributed by atoms with Gasteiger partial charge in [-0.15, -0.1) is 0 Å². The van der Waals surface area contributed by atoms with E-state index < -0.39 is 12.1 Å². The summed E-state index contributed by atoms with van der Waals surface area (Å²) in [6.07, 6.45) is -0.930. The van der Waals surface area contributed by atoms with Gasteiger partial charge < -0.3 is 15.1 Å². The Balaban J connectivity index is 3.85. The molecule has 1 unspecified atom stereocenters. The Labute approximate surface area is 85.5 Å². The monoisotopic (exact) mass is 203 g/mol. The van der Waals surface area contributed by atoms with E-state index in [2.05, 4.69) is 18.7 Å². The van der Waals surface area contributed by atoms with Crippen LogP contribution in [0.4, 0.5) is 0 Å². The van der Waals surface area contributed by atoms with Crippen LogP contribution in [0.2, 0.25) is 0 Å². The molecule has 14 heavy (non-hydrogen) atoms. The van der Waals surface area contributed by atoms with E-state index in [0.717, 1.165) is 13.1 Å². The lowest BCUT2D eigenvalue weighted by atomic mass is 10.2. The van der Waals surface area contributed by atoms with Gasteiger partial charge in [-0.2, -0.15) is 0 Å². The number of carboxylic acids is 1. The van der Waals surface area contributed by atoms with Crippen LogP contribution in [0.3, 0.4) is 0 Å². The average Bonchev–Trinajstić information content (AvgIpc) is 2.00. The molecule has 4 heteroatoms. The molecule has 84 valence electrons. The van der Waals surface area contributed by atoms with Crippen LogP contribution in [0, 0.1) is 5.92 Å². The van der Waals surface area contributed by atoms with Crippen LogP contribution >= 0.6 is 0 Å². The summed E-state index contributed by atoms with van der Waals surface area (Å²) >= 11 is 0. The van der Waals surface area contributed by atoms with Gasteiger partial charge in [0.15, 0.2) is 0 Å². The van der Waals surface area contributed by atoms with Crippen molar-refractivity contribution in [3.8, 4) is 0 Å². The fourth-order valence-corrected chi connectivity index (χ4v) is 1.41. The lowest BCUT2D eigenvalue weighted by molar-refractivity contribution is -0.139. The van der Waals surface area contributed by atoms with Gasteiger partial charge >= 0.3 is 5.97 Å². The molecule has 1 atom stereocenters. The van der Waals surface area contributed by atoms with Gasteiger partial charge in [0, 0.05) is 13.1 Å². The Kier molecular flexibility index (Phi) is 6.49. The quantitative estimate of drug-likeness (QED) is 0.642. The molecular formula is C10H21NO3. The van der Waals surface area contributed by atoms with Gasteiger partial charge in [-0.25, -0.2) is 0 Å². The number of aliphatic hydroxyl groups excluding tert-OH is 1. The van der Waals surface area contributed by atoms with Crippen molar-refractivity contribution in [2.45, 2.75) is 33.3 Å². The van der Waals surface area contributed by atoms with Crippen molar-refractivity contribution in [2.24, 2.45) is 5.92 Å². The molecule has 0 rings (SSSR count). The number of hydrogen-bond acceptors (Lipinski definition) is 3. The molecule has 2 N–H and O–H groups in total. The van der Waals surface area contributed by atoms with Crippen LogP contribution in [0.5, 0.6) is 0 Å². The maximum absolute atomic E-state index is 10.3. The Bertz CT molecular complexity index is 171. The molecule has 0 aromatic heterocycles. The van der Waals surface area contributed by atoms with E-state index in [9.17, 15) is 9.90 Å². The second kappa shape index (κ2) is 6.79. The third-order valence-electron chi connectivity index (χ3n) is 1.95. The van der Waals surface area contributed by atoms with Gasteiger partial charge in [0.05, 0.1) is 12.5 Å². The third kappa shape index (κ3) is 6.86. The zero-order valence-electron chi connectivity index (χ0n) is 9.23. The first-order chi connectivity index (χ1) is 6.45. The van der Waals surface area contributed by atoms with E-state index >= 15 is 0 Å². The van der Waals surface area contributed by atoms with E-state index in [1.165, 1.54) is 0 Å². The fourth-order valence-electron chi connectivity index (χ4n) is 1.41. The maximum atomic E-state index is 10.3. The summed E-state index contributed by atoms with van der Waals surface area (Å²) in [5.74, 6) is -0.412. The second-order valence-corrected chi connectivity index (χ2v) is 4.00. The first-order valence-corrected chi connectivity index (χ1v) is 5.07. The Hall–Kier alpha value is -0.610. The molecule has 0 fully saturated rings. The predicted octanol–water partition coefficient (Wildman–Crippen LogP) is 0.800. The van der Waals surface area contributed by atoms with E-state index in [1.54, 1.807) is 0 Å². The van der Waals surface area contributed by atoms with Gasteiger partial charge in [0.25, 0.3) is 0 Å². The van der Waals surface area contributed by atoms with E-state index in [-0.39, 0.29) is 6.42 Å². The van der Waals surface area contributed by atoms with Crippen molar-refractivity contribution in [3.05, 3.63) is 0 Å². The minimum Gasteiger partial charge on any atom is -0.481 e.